The monoisotopic (exact) mass is 513 g/mol. The summed E-state index contributed by atoms with van der Waals surface area (Å²) in [4.78, 5) is 16.9. The van der Waals surface area contributed by atoms with Gasteiger partial charge in [-0.05, 0) is 78.4 Å². The maximum atomic E-state index is 10.9. The molecule has 1 aliphatic carbocycles. The van der Waals surface area contributed by atoms with Crippen molar-refractivity contribution in [3.8, 4) is 17.6 Å². The number of hydrogen-bond donors (Lipinski definition) is 2. The Bertz CT molecular complexity index is 1230. The van der Waals surface area contributed by atoms with Crippen LogP contribution in [0.3, 0.4) is 0 Å². The standard InChI is InChI=1S/C31H32N2O5/c32-20-26(19-31(34)35)24-13-17-28(18-14-24)36-21-23-11-15-27(16-12-23)37-22-30(25-7-3-1-4-8-25)33-38-29-9-5-2-6-10-29/h1,3-4,7-8,11-18,26,29H,2,5-6,9-10,19,21-22H2,(H,34,35)/p+1. The fourth-order valence-corrected chi connectivity index (χ4v) is 4.36. The van der Waals surface area contributed by atoms with Gasteiger partial charge in [0.2, 0.25) is 0 Å². The Kier molecular flexibility index (Phi) is 9.75. The van der Waals surface area contributed by atoms with Crippen molar-refractivity contribution < 1.29 is 29.4 Å². The van der Waals surface area contributed by atoms with E-state index in [0.29, 0.717) is 24.5 Å². The van der Waals surface area contributed by atoms with E-state index >= 15 is 0 Å². The van der Waals surface area contributed by atoms with Crippen LogP contribution < -0.4 is 14.6 Å². The third kappa shape index (κ3) is 8.10. The first-order valence-corrected chi connectivity index (χ1v) is 13.0. The van der Waals surface area contributed by atoms with Crippen molar-refractivity contribution in [1.29, 1.82) is 5.26 Å². The van der Waals surface area contributed by atoms with Gasteiger partial charge in [-0.15, -0.1) is 0 Å². The fraction of sp³-hybridized carbons (Fsp3) is 0.323. The number of carbonyl (C=O) groups is 1. The average molecular weight is 514 g/mol. The van der Waals surface area contributed by atoms with Gasteiger partial charge in [-0.2, -0.15) is 5.26 Å². The number of nitrogens with zero attached hydrogens (tertiary/aromatic N) is 1. The molecule has 0 aromatic heterocycles. The predicted octanol–water partition coefficient (Wildman–Crippen LogP) is 4.56. The highest BCUT2D eigenvalue weighted by Crippen LogP contribution is 2.23. The molecule has 38 heavy (non-hydrogen) atoms. The van der Waals surface area contributed by atoms with Gasteiger partial charge in [-0.3, -0.25) is 9.63 Å². The summed E-state index contributed by atoms with van der Waals surface area (Å²) in [5.41, 5.74) is 3.56. The third-order valence-corrected chi connectivity index (χ3v) is 6.55. The second kappa shape index (κ2) is 13.8. The number of benzene rings is 3. The summed E-state index contributed by atoms with van der Waals surface area (Å²) in [6.07, 6.45) is 5.86. The van der Waals surface area contributed by atoms with Gasteiger partial charge in [-0.1, -0.05) is 48.9 Å². The first kappa shape index (κ1) is 26.7. The zero-order valence-electron chi connectivity index (χ0n) is 21.3. The summed E-state index contributed by atoms with van der Waals surface area (Å²) in [7, 11) is 0. The van der Waals surface area contributed by atoms with Gasteiger partial charge in [0.15, 0.2) is 12.7 Å². The number of aliphatic carboxylic acids is 1. The highest BCUT2D eigenvalue weighted by molar-refractivity contribution is 5.97. The van der Waals surface area contributed by atoms with Crippen molar-refractivity contribution >= 4 is 11.7 Å². The maximum Gasteiger partial charge on any atom is 0.305 e. The second-order valence-corrected chi connectivity index (χ2v) is 9.39. The molecule has 3 aromatic rings. The van der Waals surface area contributed by atoms with Crippen molar-refractivity contribution in [3.05, 3.63) is 95.6 Å². The molecule has 0 amide bonds. The number of nitriles is 1. The molecule has 7 heteroatoms. The number of nitrogens with one attached hydrogen (secondary N) is 1. The lowest BCUT2D eigenvalue weighted by Gasteiger charge is -2.16. The summed E-state index contributed by atoms with van der Waals surface area (Å²) in [5, 5.41) is 21.3. The molecule has 1 saturated carbocycles. The lowest BCUT2D eigenvalue weighted by molar-refractivity contribution is -0.765. The zero-order chi connectivity index (χ0) is 26.6. The Morgan fingerprint density at radius 1 is 0.921 bits per heavy atom. The van der Waals surface area contributed by atoms with Gasteiger partial charge in [0.05, 0.1) is 18.4 Å². The van der Waals surface area contributed by atoms with Crippen LogP contribution in [0, 0.1) is 11.3 Å². The highest BCUT2D eigenvalue weighted by Gasteiger charge is 2.19. The molecule has 3 aromatic carbocycles. The summed E-state index contributed by atoms with van der Waals surface area (Å²) < 4.78 is 11.9. The smallest absolute Gasteiger partial charge is 0.305 e. The van der Waals surface area contributed by atoms with E-state index in [2.05, 4.69) is 5.16 Å². The normalized spacial score (nSPS) is 14.8. The van der Waals surface area contributed by atoms with E-state index < -0.39 is 11.9 Å². The number of ether oxygens (including phenoxy) is 2. The zero-order valence-corrected chi connectivity index (χ0v) is 21.3. The van der Waals surface area contributed by atoms with E-state index in [1.54, 1.807) is 24.3 Å². The van der Waals surface area contributed by atoms with Crippen molar-refractivity contribution in [2.75, 3.05) is 6.61 Å². The third-order valence-electron chi connectivity index (χ3n) is 6.55. The van der Waals surface area contributed by atoms with Crippen LogP contribution in [0.1, 0.15) is 61.1 Å². The summed E-state index contributed by atoms with van der Waals surface area (Å²) in [6, 6.07) is 26.8. The minimum atomic E-state index is -0.998. The van der Waals surface area contributed by atoms with E-state index in [1.165, 1.54) is 19.3 Å². The number of rotatable bonds is 12. The van der Waals surface area contributed by atoms with Crippen LogP contribution in [0.15, 0.2) is 78.9 Å². The predicted molar refractivity (Wildman–Crippen MR) is 143 cm³/mol. The van der Waals surface area contributed by atoms with Gasteiger partial charge in [0.25, 0.3) is 5.71 Å². The van der Waals surface area contributed by atoms with E-state index in [0.717, 1.165) is 35.4 Å². The van der Waals surface area contributed by atoms with Crippen LogP contribution in [0.4, 0.5) is 0 Å². The summed E-state index contributed by atoms with van der Waals surface area (Å²) >= 11 is 0. The van der Waals surface area contributed by atoms with Crippen molar-refractivity contribution in [3.63, 3.8) is 0 Å². The number of hydrogen-bond acceptors (Lipinski definition) is 5. The van der Waals surface area contributed by atoms with Crippen LogP contribution in [0.25, 0.3) is 0 Å². The Hall–Kier alpha value is -4.31. The molecule has 196 valence electrons. The topological polar surface area (TPSA) is 103 Å². The van der Waals surface area contributed by atoms with Crippen LogP contribution in [-0.2, 0) is 16.2 Å². The second-order valence-electron chi connectivity index (χ2n) is 9.39. The van der Waals surface area contributed by atoms with Crippen molar-refractivity contribution in [2.45, 2.75) is 57.2 Å². The molecule has 1 atom stereocenters. The number of carboxylic acid groups (broad SMARTS) is 1. The Balaban J connectivity index is 1.30. The maximum absolute atomic E-state index is 10.9. The minimum Gasteiger partial charge on any atom is -0.489 e. The van der Waals surface area contributed by atoms with Crippen LogP contribution in [-0.4, -0.2) is 29.5 Å². The van der Waals surface area contributed by atoms with Crippen molar-refractivity contribution in [1.82, 2.24) is 0 Å². The molecule has 2 N–H and O–H groups in total. The first-order chi connectivity index (χ1) is 18.6. The largest absolute Gasteiger partial charge is 0.489 e. The quantitative estimate of drug-likeness (QED) is 0.272. The van der Waals surface area contributed by atoms with Crippen LogP contribution in [0.5, 0.6) is 11.5 Å². The average Bonchev–Trinajstić information content (AvgIpc) is 2.96. The number of carboxylic acids is 1. The molecule has 1 fully saturated rings. The van der Waals surface area contributed by atoms with Crippen molar-refractivity contribution in [2.24, 2.45) is 0 Å². The van der Waals surface area contributed by atoms with Gasteiger partial charge >= 0.3 is 5.97 Å². The highest BCUT2D eigenvalue weighted by atomic mass is 16.6. The Morgan fingerprint density at radius 3 is 2.24 bits per heavy atom. The molecular weight excluding hydrogens is 480 g/mol. The molecule has 1 aliphatic rings. The van der Waals surface area contributed by atoms with E-state index in [4.69, 9.17) is 19.4 Å². The first-order valence-electron chi connectivity index (χ1n) is 13.0. The molecule has 0 heterocycles. The van der Waals surface area contributed by atoms with Gasteiger partial charge < -0.3 is 14.6 Å². The lowest BCUT2D eigenvalue weighted by atomic mass is 9.97. The lowest BCUT2D eigenvalue weighted by Crippen LogP contribution is -2.75. The van der Waals surface area contributed by atoms with Crippen LogP contribution >= 0.6 is 0 Å². The summed E-state index contributed by atoms with van der Waals surface area (Å²) in [6.45, 7) is 0.721. The Morgan fingerprint density at radius 2 is 1.58 bits per heavy atom. The molecular formula is C31H33N2O5+. The van der Waals surface area contributed by atoms with Gasteiger partial charge in [0, 0.05) is 5.56 Å². The molecule has 1 unspecified atom stereocenters. The molecule has 7 nitrogen and oxygen atoms in total. The van der Waals surface area contributed by atoms with E-state index in [1.807, 2.05) is 60.7 Å². The minimum absolute atomic E-state index is 0.223. The van der Waals surface area contributed by atoms with Crippen LogP contribution in [0.2, 0.25) is 0 Å². The Labute approximate surface area is 223 Å². The molecule has 0 radical (unpaired) electrons. The van der Waals surface area contributed by atoms with Gasteiger partial charge in [-0.25, -0.2) is 0 Å². The molecule has 4 rings (SSSR count). The van der Waals surface area contributed by atoms with Gasteiger partial charge in [0.1, 0.15) is 18.1 Å². The molecule has 0 saturated heterocycles. The van der Waals surface area contributed by atoms with E-state index in [-0.39, 0.29) is 12.5 Å². The SMILES string of the molecule is N#CC(CC(=O)O)c1ccc(OCc2ccc(OCC(=[NH+]OC3CCCCC3)c3ccccc3)cc2)cc1. The van der Waals surface area contributed by atoms with E-state index in [9.17, 15) is 10.1 Å². The fourth-order valence-electron chi connectivity index (χ4n) is 4.36. The molecule has 0 spiro atoms. The summed E-state index contributed by atoms with van der Waals surface area (Å²) in [5.74, 6) is -0.287. The molecule has 0 bridgehead atoms. The molecule has 0 aliphatic heterocycles.